The van der Waals surface area contributed by atoms with E-state index in [4.69, 9.17) is 0 Å². The fraction of sp³-hybridized carbons (Fsp3) is 0.733. The number of halogens is 3. The predicted octanol–water partition coefficient (Wildman–Crippen LogP) is 3.87. The van der Waals surface area contributed by atoms with Crippen molar-refractivity contribution in [1.82, 2.24) is 14.7 Å². The molecular formula is C15H23F3N4O. The Labute approximate surface area is 133 Å². The first-order chi connectivity index (χ1) is 10.7. The van der Waals surface area contributed by atoms with Crippen LogP contribution in [0.25, 0.3) is 0 Å². The molecule has 23 heavy (non-hydrogen) atoms. The molecule has 1 heterocycles. The number of urea groups is 1. The van der Waals surface area contributed by atoms with Gasteiger partial charge in [0.25, 0.3) is 0 Å². The lowest BCUT2D eigenvalue weighted by Crippen LogP contribution is -2.43. The summed E-state index contributed by atoms with van der Waals surface area (Å²) in [6.45, 7) is 1.95. The summed E-state index contributed by atoms with van der Waals surface area (Å²) in [6, 6.07) is -0.553. The summed E-state index contributed by atoms with van der Waals surface area (Å²) in [7, 11) is 3.01. The molecule has 1 atom stereocenters. The average Bonchev–Trinajstić information content (AvgIpc) is 2.87. The Morgan fingerprint density at radius 1 is 1.39 bits per heavy atom. The lowest BCUT2D eigenvalue weighted by molar-refractivity contribution is -0.140. The fourth-order valence-corrected chi connectivity index (χ4v) is 3.11. The van der Waals surface area contributed by atoms with Gasteiger partial charge in [-0.1, -0.05) is 19.3 Å². The van der Waals surface area contributed by atoms with E-state index in [0.717, 1.165) is 30.4 Å². The van der Waals surface area contributed by atoms with Crippen LogP contribution in [0.4, 0.5) is 23.7 Å². The number of aromatic nitrogens is 2. The maximum absolute atomic E-state index is 12.9. The highest BCUT2D eigenvalue weighted by molar-refractivity contribution is 5.89. The number of amides is 2. The third kappa shape index (κ3) is 4.17. The molecule has 0 aromatic carbocycles. The van der Waals surface area contributed by atoms with Crippen molar-refractivity contribution in [1.29, 1.82) is 0 Å². The van der Waals surface area contributed by atoms with Crippen LogP contribution in [0.15, 0.2) is 6.20 Å². The van der Waals surface area contributed by atoms with Crippen molar-refractivity contribution in [3.05, 3.63) is 11.9 Å². The zero-order chi connectivity index (χ0) is 17.2. The van der Waals surface area contributed by atoms with Crippen LogP contribution in [0.2, 0.25) is 0 Å². The second kappa shape index (κ2) is 6.80. The maximum atomic E-state index is 12.9. The number of alkyl halides is 3. The quantitative estimate of drug-likeness (QED) is 0.913. The minimum atomic E-state index is -4.60. The Morgan fingerprint density at radius 2 is 2.00 bits per heavy atom. The molecule has 0 aliphatic heterocycles. The lowest BCUT2D eigenvalue weighted by atomic mass is 9.84. The van der Waals surface area contributed by atoms with Crippen molar-refractivity contribution in [3.63, 3.8) is 0 Å². The molecule has 8 heteroatoms. The Kier molecular flexibility index (Phi) is 5.21. The summed E-state index contributed by atoms with van der Waals surface area (Å²) < 4.78 is 39.8. The number of hydrogen-bond acceptors (Lipinski definition) is 2. The van der Waals surface area contributed by atoms with Crippen molar-refractivity contribution in [2.24, 2.45) is 13.0 Å². The summed E-state index contributed by atoms with van der Waals surface area (Å²) in [5, 5.41) is 5.73. The fourth-order valence-electron chi connectivity index (χ4n) is 3.11. The van der Waals surface area contributed by atoms with Crippen LogP contribution in [0, 0.1) is 5.92 Å². The van der Waals surface area contributed by atoms with Crippen molar-refractivity contribution >= 4 is 11.7 Å². The largest absolute Gasteiger partial charge is 0.437 e. The van der Waals surface area contributed by atoms with Crippen LogP contribution in [-0.4, -0.2) is 33.8 Å². The van der Waals surface area contributed by atoms with E-state index in [9.17, 15) is 18.0 Å². The zero-order valence-corrected chi connectivity index (χ0v) is 13.7. The molecule has 0 radical (unpaired) electrons. The molecular weight excluding hydrogens is 309 g/mol. The standard InChI is InChI=1S/C15H23F3N4O/c1-10(11-7-5-4-6-8-11)22(3)14(23)19-12-9-21(2)20-13(12)15(16,17)18/h9-11H,4-8H2,1-3H3,(H,19,23). The number of anilines is 1. The van der Waals surface area contributed by atoms with Crippen molar-refractivity contribution < 1.29 is 18.0 Å². The van der Waals surface area contributed by atoms with Gasteiger partial charge in [0.2, 0.25) is 0 Å². The highest BCUT2D eigenvalue weighted by Crippen LogP contribution is 2.34. The molecule has 5 nitrogen and oxygen atoms in total. The molecule has 1 unspecified atom stereocenters. The van der Waals surface area contributed by atoms with E-state index in [2.05, 4.69) is 10.4 Å². The molecule has 1 aliphatic rings. The first-order valence-electron chi connectivity index (χ1n) is 7.84. The van der Waals surface area contributed by atoms with E-state index >= 15 is 0 Å². The van der Waals surface area contributed by atoms with Crippen molar-refractivity contribution in [2.45, 2.75) is 51.2 Å². The normalized spacial score (nSPS) is 17.8. The molecule has 1 N–H and O–H groups in total. The monoisotopic (exact) mass is 332 g/mol. The minimum Gasteiger partial charge on any atom is -0.325 e. The summed E-state index contributed by atoms with van der Waals surface area (Å²) in [4.78, 5) is 13.8. The number of nitrogens with zero attached hydrogens (tertiary/aromatic N) is 3. The molecule has 2 rings (SSSR count). The number of carbonyl (C=O) groups excluding carboxylic acids is 1. The first-order valence-corrected chi connectivity index (χ1v) is 7.84. The highest BCUT2D eigenvalue weighted by Gasteiger charge is 2.38. The van der Waals surface area contributed by atoms with Gasteiger partial charge in [-0.25, -0.2) is 4.79 Å². The van der Waals surface area contributed by atoms with Gasteiger partial charge >= 0.3 is 12.2 Å². The zero-order valence-electron chi connectivity index (χ0n) is 13.7. The second-order valence-corrected chi connectivity index (χ2v) is 6.24. The smallest absolute Gasteiger partial charge is 0.325 e. The van der Waals surface area contributed by atoms with Gasteiger partial charge in [0.1, 0.15) is 0 Å². The Hall–Kier alpha value is -1.73. The van der Waals surface area contributed by atoms with E-state index < -0.39 is 17.9 Å². The summed E-state index contributed by atoms with van der Waals surface area (Å²) in [5.41, 5.74) is -1.39. The van der Waals surface area contributed by atoms with E-state index in [1.165, 1.54) is 24.6 Å². The van der Waals surface area contributed by atoms with Crippen LogP contribution in [0.1, 0.15) is 44.7 Å². The van der Waals surface area contributed by atoms with Crippen LogP contribution in [0.5, 0.6) is 0 Å². The topological polar surface area (TPSA) is 50.2 Å². The SMILES string of the molecule is CC(C1CCCCC1)N(C)C(=O)Nc1cn(C)nc1C(F)(F)F. The molecule has 0 spiro atoms. The van der Waals surface area contributed by atoms with Gasteiger partial charge in [-0.2, -0.15) is 18.3 Å². The van der Waals surface area contributed by atoms with E-state index in [-0.39, 0.29) is 11.7 Å². The molecule has 2 amide bonds. The van der Waals surface area contributed by atoms with Gasteiger partial charge < -0.3 is 10.2 Å². The van der Waals surface area contributed by atoms with E-state index in [1.807, 2.05) is 6.92 Å². The number of aryl methyl sites for hydroxylation is 1. The van der Waals surface area contributed by atoms with Crippen molar-refractivity contribution in [2.75, 3.05) is 12.4 Å². The molecule has 1 aliphatic carbocycles. The van der Waals surface area contributed by atoms with Gasteiger partial charge in [-0.05, 0) is 25.7 Å². The second-order valence-electron chi connectivity index (χ2n) is 6.24. The Bertz CT molecular complexity index is 549. The number of nitrogens with one attached hydrogen (secondary N) is 1. The summed E-state index contributed by atoms with van der Waals surface area (Å²) in [5.74, 6) is 0.399. The number of carbonyl (C=O) groups is 1. The highest BCUT2D eigenvalue weighted by atomic mass is 19.4. The molecule has 1 aromatic rings. The average molecular weight is 332 g/mol. The Balaban J connectivity index is 2.06. The van der Waals surface area contributed by atoms with Gasteiger partial charge in [0, 0.05) is 26.3 Å². The minimum absolute atomic E-state index is 0.0127. The van der Waals surface area contributed by atoms with E-state index in [0.29, 0.717) is 5.92 Å². The van der Waals surface area contributed by atoms with Crippen LogP contribution >= 0.6 is 0 Å². The molecule has 0 bridgehead atoms. The van der Waals surface area contributed by atoms with Gasteiger partial charge in [0.05, 0.1) is 5.69 Å². The van der Waals surface area contributed by atoms with Crippen LogP contribution in [-0.2, 0) is 13.2 Å². The number of rotatable bonds is 3. The summed E-state index contributed by atoms with van der Waals surface area (Å²) >= 11 is 0. The van der Waals surface area contributed by atoms with Gasteiger partial charge in [0.15, 0.2) is 5.69 Å². The maximum Gasteiger partial charge on any atom is 0.437 e. The Morgan fingerprint density at radius 3 is 2.57 bits per heavy atom. The van der Waals surface area contributed by atoms with Gasteiger partial charge in [-0.15, -0.1) is 0 Å². The van der Waals surface area contributed by atoms with Gasteiger partial charge in [-0.3, -0.25) is 4.68 Å². The molecule has 1 saturated carbocycles. The van der Waals surface area contributed by atoms with Crippen LogP contribution in [0.3, 0.4) is 0 Å². The lowest BCUT2D eigenvalue weighted by Gasteiger charge is -2.34. The third-order valence-corrected chi connectivity index (χ3v) is 4.60. The molecule has 130 valence electrons. The molecule has 1 fully saturated rings. The van der Waals surface area contributed by atoms with Crippen molar-refractivity contribution in [3.8, 4) is 0 Å². The van der Waals surface area contributed by atoms with E-state index in [1.54, 1.807) is 7.05 Å². The molecule has 0 saturated heterocycles. The summed E-state index contributed by atoms with van der Waals surface area (Å²) in [6.07, 6.45) is 2.18. The predicted molar refractivity (Wildman–Crippen MR) is 81.0 cm³/mol. The third-order valence-electron chi connectivity index (χ3n) is 4.60. The molecule has 1 aromatic heterocycles. The number of hydrogen-bond donors (Lipinski definition) is 1. The first kappa shape index (κ1) is 17.6. The van der Waals surface area contributed by atoms with Crippen LogP contribution < -0.4 is 5.32 Å².